The van der Waals surface area contributed by atoms with Crippen LogP contribution >= 0.6 is 0 Å². The molecule has 132 valence electrons. The van der Waals surface area contributed by atoms with Crippen LogP contribution in [0, 0.1) is 0 Å². The summed E-state index contributed by atoms with van der Waals surface area (Å²) < 4.78 is 18.7. The Morgan fingerprint density at radius 3 is 1.78 bits per heavy atom. The van der Waals surface area contributed by atoms with Crippen molar-refractivity contribution in [1.29, 1.82) is 0 Å². The van der Waals surface area contributed by atoms with Crippen LogP contribution in [0.5, 0.6) is 0 Å². The summed E-state index contributed by atoms with van der Waals surface area (Å²) in [6.07, 6.45) is 6.13. The van der Waals surface area contributed by atoms with Gasteiger partial charge < -0.3 is 19.0 Å². The van der Waals surface area contributed by atoms with Crippen molar-refractivity contribution < 1.29 is 13.3 Å². The molecular formula is C18H33NO3Si. The van der Waals surface area contributed by atoms with Crippen molar-refractivity contribution in [3.8, 4) is 0 Å². The molecule has 0 saturated carbocycles. The van der Waals surface area contributed by atoms with Gasteiger partial charge in [-0.25, -0.2) is 0 Å². The summed E-state index contributed by atoms with van der Waals surface area (Å²) in [6, 6.07) is 10.2. The molecule has 0 unspecified atom stereocenters. The predicted octanol–water partition coefficient (Wildman–Crippen LogP) is 3.22. The first-order chi connectivity index (χ1) is 11.3. The number of hydrogen-bond acceptors (Lipinski definition) is 4. The summed E-state index contributed by atoms with van der Waals surface area (Å²) in [5, 5.41) is 1.06. The molecular weight excluding hydrogens is 306 g/mol. The Balaban J connectivity index is 2.85. The van der Waals surface area contributed by atoms with Gasteiger partial charge in [-0.05, 0) is 32.2 Å². The fourth-order valence-electron chi connectivity index (χ4n) is 2.17. The number of benzene rings is 1. The zero-order chi connectivity index (χ0) is 16.8. The van der Waals surface area contributed by atoms with Crippen LogP contribution in [-0.2, 0) is 13.3 Å². The quantitative estimate of drug-likeness (QED) is 0.418. The lowest BCUT2D eigenvalue weighted by Crippen LogP contribution is -2.57. The molecule has 0 bridgehead atoms. The molecule has 4 nitrogen and oxygen atoms in total. The molecule has 0 aromatic heterocycles. The molecule has 0 aliphatic carbocycles. The molecule has 0 aliphatic heterocycles. The molecule has 0 amide bonds. The lowest BCUT2D eigenvalue weighted by atomic mass is 10.3. The van der Waals surface area contributed by atoms with E-state index in [4.69, 9.17) is 19.0 Å². The first-order valence-electron chi connectivity index (χ1n) is 8.96. The van der Waals surface area contributed by atoms with Crippen molar-refractivity contribution in [2.75, 3.05) is 26.4 Å². The third-order valence-corrected chi connectivity index (χ3v) is 6.39. The van der Waals surface area contributed by atoms with Crippen LogP contribution in [0.15, 0.2) is 30.3 Å². The van der Waals surface area contributed by atoms with E-state index in [1.165, 1.54) is 0 Å². The predicted molar refractivity (Wildman–Crippen MR) is 97.8 cm³/mol. The molecule has 1 rings (SSSR count). The van der Waals surface area contributed by atoms with Crippen LogP contribution in [0.25, 0.3) is 0 Å². The second-order valence-corrected chi connectivity index (χ2v) is 8.23. The van der Waals surface area contributed by atoms with E-state index in [0.29, 0.717) is 26.4 Å². The molecule has 1 aromatic rings. The van der Waals surface area contributed by atoms with Gasteiger partial charge in [0.1, 0.15) is 0 Å². The molecule has 1 aromatic carbocycles. The van der Waals surface area contributed by atoms with Gasteiger partial charge in [-0.1, -0.05) is 57.0 Å². The Kier molecular flexibility index (Phi) is 11.2. The third kappa shape index (κ3) is 7.59. The standard InChI is InChI=1S/C18H33NO3Si/c1-3-5-15-20-23(21-16-6-4-2,22-17-11-10-14-19)18-12-8-7-9-13-18/h7-9,12-13H,3-6,10-11,14-17,19H2,1-2H3. The van der Waals surface area contributed by atoms with Crippen LogP contribution in [0.1, 0.15) is 52.4 Å². The van der Waals surface area contributed by atoms with E-state index in [2.05, 4.69) is 26.0 Å². The van der Waals surface area contributed by atoms with Crippen molar-refractivity contribution in [2.24, 2.45) is 5.73 Å². The lowest BCUT2D eigenvalue weighted by molar-refractivity contribution is 0.0699. The second kappa shape index (κ2) is 12.7. The van der Waals surface area contributed by atoms with E-state index in [1.807, 2.05) is 18.2 Å². The first-order valence-corrected chi connectivity index (χ1v) is 10.7. The van der Waals surface area contributed by atoms with Crippen LogP contribution in [-0.4, -0.2) is 35.2 Å². The minimum absolute atomic E-state index is 0.635. The molecule has 0 radical (unpaired) electrons. The van der Waals surface area contributed by atoms with Crippen molar-refractivity contribution in [3.05, 3.63) is 30.3 Å². The van der Waals surface area contributed by atoms with E-state index in [9.17, 15) is 0 Å². The normalized spacial score (nSPS) is 11.8. The average molecular weight is 340 g/mol. The number of hydrogen-bond donors (Lipinski definition) is 1. The van der Waals surface area contributed by atoms with Crippen molar-refractivity contribution in [1.82, 2.24) is 0 Å². The molecule has 2 N–H and O–H groups in total. The molecule has 0 fully saturated rings. The third-order valence-electron chi connectivity index (χ3n) is 3.60. The number of nitrogens with two attached hydrogens (primary N) is 1. The molecule has 0 aliphatic rings. The molecule has 23 heavy (non-hydrogen) atoms. The Bertz CT molecular complexity index is 379. The Labute approximate surface area is 142 Å². The average Bonchev–Trinajstić information content (AvgIpc) is 2.59. The number of rotatable bonds is 14. The highest BCUT2D eigenvalue weighted by atomic mass is 28.4. The monoisotopic (exact) mass is 339 g/mol. The summed E-state index contributed by atoms with van der Waals surface area (Å²) in [6.45, 7) is 7.01. The summed E-state index contributed by atoms with van der Waals surface area (Å²) in [7, 11) is -2.84. The van der Waals surface area contributed by atoms with Gasteiger partial charge in [0.25, 0.3) is 0 Å². The van der Waals surface area contributed by atoms with Gasteiger partial charge >= 0.3 is 8.80 Å². The van der Waals surface area contributed by atoms with E-state index >= 15 is 0 Å². The van der Waals surface area contributed by atoms with E-state index in [-0.39, 0.29) is 0 Å². The highest BCUT2D eigenvalue weighted by Crippen LogP contribution is 2.14. The maximum Gasteiger partial charge on any atom is 0.537 e. The smallest absolute Gasteiger partial charge is 0.370 e. The van der Waals surface area contributed by atoms with Gasteiger partial charge in [-0.2, -0.15) is 0 Å². The molecule has 5 heteroatoms. The van der Waals surface area contributed by atoms with Crippen LogP contribution in [0.3, 0.4) is 0 Å². The molecule has 0 saturated heterocycles. The SMILES string of the molecule is CCCCO[Si](OCCCC)(OCCCCN)c1ccccc1. The highest BCUT2D eigenvalue weighted by molar-refractivity contribution is 6.75. The van der Waals surface area contributed by atoms with Gasteiger partial charge in [0.05, 0.1) is 0 Å². The van der Waals surface area contributed by atoms with E-state index in [1.54, 1.807) is 0 Å². The fraction of sp³-hybridized carbons (Fsp3) is 0.667. The zero-order valence-electron chi connectivity index (χ0n) is 14.8. The Hall–Kier alpha value is -0.723. The highest BCUT2D eigenvalue weighted by Gasteiger charge is 2.43. The van der Waals surface area contributed by atoms with Crippen molar-refractivity contribution >= 4 is 14.0 Å². The minimum atomic E-state index is -2.84. The van der Waals surface area contributed by atoms with Gasteiger partial charge in [-0.15, -0.1) is 0 Å². The first kappa shape index (κ1) is 20.3. The largest absolute Gasteiger partial charge is 0.537 e. The van der Waals surface area contributed by atoms with Crippen LogP contribution in [0.4, 0.5) is 0 Å². The number of unbranched alkanes of at least 4 members (excludes halogenated alkanes) is 3. The summed E-state index contributed by atoms with van der Waals surface area (Å²) in [4.78, 5) is 0. The summed E-state index contributed by atoms with van der Waals surface area (Å²) in [5.41, 5.74) is 5.58. The molecule has 0 atom stereocenters. The van der Waals surface area contributed by atoms with Crippen LogP contribution < -0.4 is 10.9 Å². The van der Waals surface area contributed by atoms with Gasteiger partial charge in [0, 0.05) is 25.0 Å². The van der Waals surface area contributed by atoms with Gasteiger partial charge in [-0.3, -0.25) is 0 Å². The maximum absolute atomic E-state index is 6.25. The summed E-state index contributed by atoms with van der Waals surface area (Å²) >= 11 is 0. The minimum Gasteiger partial charge on any atom is -0.370 e. The van der Waals surface area contributed by atoms with E-state index in [0.717, 1.165) is 43.7 Å². The summed E-state index contributed by atoms with van der Waals surface area (Å²) in [5.74, 6) is 0. The van der Waals surface area contributed by atoms with Crippen molar-refractivity contribution in [3.63, 3.8) is 0 Å². The molecule has 0 heterocycles. The Morgan fingerprint density at radius 1 is 0.783 bits per heavy atom. The topological polar surface area (TPSA) is 53.7 Å². The van der Waals surface area contributed by atoms with Gasteiger partial charge in [0.2, 0.25) is 0 Å². The van der Waals surface area contributed by atoms with E-state index < -0.39 is 8.80 Å². The molecule has 0 spiro atoms. The van der Waals surface area contributed by atoms with Crippen molar-refractivity contribution in [2.45, 2.75) is 52.4 Å². The zero-order valence-corrected chi connectivity index (χ0v) is 15.8. The van der Waals surface area contributed by atoms with Gasteiger partial charge in [0.15, 0.2) is 0 Å². The maximum atomic E-state index is 6.25. The Morgan fingerprint density at radius 2 is 1.30 bits per heavy atom. The lowest BCUT2D eigenvalue weighted by Gasteiger charge is -2.30. The fourth-order valence-corrected chi connectivity index (χ4v) is 4.76. The van der Waals surface area contributed by atoms with Crippen LogP contribution in [0.2, 0.25) is 0 Å². The second-order valence-electron chi connectivity index (χ2n) is 5.67.